The Balaban J connectivity index is 1.57. The summed E-state index contributed by atoms with van der Waals surface area (Å²) in [5, 5.41) is 0. The molecule has 2 aliphatic rings. The topological polar surface area (TPSA) is 87.9 Å². The van der Waals surface area contributed by atoms with Crippen molar-refractivity contribution in [2.24, 2.45) is 0 Å². The molecular formula is C23H28N2O5S. The molecule has 1 saturated carbocycles. The first kappa shape index (κ1) is 21.6. The van der Waals surface area contributed by atoms with Crippen LogP contribution in [0.2, 0.25) is 0 Å². The smallest absolute Gasteiger partial charge is 0.289 e. The third-order valence-corrected chi connectivity index (χ3v) is 9.17. The molecule has 0 radical (unpaired) electrons. The van der Waals surface area contributed by atoms with E-state index in [-0.39, 0.29) is 22.5 Å². The second-order valence-electron chi connectivity index (χ2n) is 8.54. The fraction of sp³-hybridized carbons (Fsp3) is 0.478. The fourth-order valence-corrected chi connectivity index (χ4v) is 7.15. The quantitative estimate of drug-likeness (QED) is 0.724. The van der Waals surface area contributed by atoms with Gasteiger partial charge in [-0.3, -0.25) is 9.59 Å². The van der Waals surface area contributed by atoms with Gasteiger partial charge in [0.2, 0.25) is 5.91 Å². The Morgan fingerprint density at radius 1 is 0.968 bits per heavy atom. The Hall–Kier alpha value is -2.61. The van der Waals surface area contributed by atoms with Gasteiger partial charge in [0.25, 0.3) is 5.91 Å². The largest absolute Gasteiger partial charge is 0.459 e. The summed E-state index contributed by atoms with van der Waals surface area (Å²) in [6, 6.07) is 8.64. The molecule has 0 bridgehead atoms. The zero-order valence-electron chi connectivity index (χ0n) is 18.0. The van der Waals surface area contributed by atoms with Gasteiger partial charge >= 0.3 is 0 Å². The van der Waals surface area contributed by atoms with Crippen LogP contribution in [-0.4, -0.2) is 61.0 Å². The minimum absolute atomic E-state index is 0.212. The number of hydrogen-bond acceptors (Lipinski definition) is 5. The zero-order valence-corrected chi connectivity index (χ0v) is 18.8. The van der Waals surface area contributed by atoms with E-state index in [1.807, 2.05) is 13.0 Å². The Labute approximate surface area is 182 Å². The maximum absolute atomic E-state index is 13.8. The highest BCUT2D eigenvalue weighted by Crippen LogP contribution is 2.43. The predicted molar refractivity (Wildman–Crippen MR) is 115 cm³/mol. The normalized spacial score (nSPS) is 18.9. The average Bonchev–Trinajstić information content (AvgIpc) is 3.47. The molecule has 1 aromatic carbocycles. The summed E-state index contributed by atoms with van der Waals surface area (Å²) in [6.45, 7) is 4.97. The lowest BCUT2D eigenvalue weighted by Crippen LogP contribution is -2.58. The minimum Gasteiger partial charge on any atom is -0.459 e. The lowest BCUT2D eigenvalue weighted by atomic mass is 10.0. The van der Waals surface area contributed by atoms with Gasteiger partial charge in [0.05, 0.1) is 11.2 Å². The predicted octanol–water partition coefficient (Wildman–Crippen LogP) is 2.97. The molecule has 1 aliphatic heterocycles. The van der Waals surface area contributed by atoms with Crippen LogP contribution < -0.4 is 0 Å². The zero-order chi connectivity index (χ0) is 22.2. The maximum Gasteiger partial charge on any atom is 0.289 e. The van der Waals surface area contributed by atoms with Crippen LogP contribution >= 0.6 is 0 Å². The van der Waals surface area contributed by atoms with Crippen LogP contribution in [0.5, 0.6) is 0 Å². The summed E-state index contributed by atoms with van der Waals surface area (Å²) in [5.74, 6) is -0.267. The van der Waals surface area contributed by atoms with Crippen molar-refractivity contribution in [3.63, 3.8) is 0 Å². The van der Waals surface area contributed by atoms with Crippen LogP contribution in [0.1, 0.15) is 47.4 Å². The summed E-state index contributed by atoms with van der Waals surface area (Å²) in [5.41, 5.74) is 1.52. The molecule has 0 N–H and O–H groups in total. The van der Waals surface area contributed by atoms with E-state index in [1.165, 1.54) is 6.26 Å². The highest BCUT2D eigenvalue weighted by atomic mass is 32.2. The van der Waals surface area contributed by atoms with Gasteiger partial charge in [-0.05, 0) is 56.0 Å². The number of sulfone groups is 1. The van der Waals surface area contributed by atoms with Crippen LogP contribution in [0.3, 0.4) is 0 Å². The SMILES string of the molecule is Cc1ccc(C)c(S(=O)(=O)C2(C(=O)N3CCN(C(=O)c4ccco4)CC3)CCCC2)c1. The van der Waals surface area contributed by atoms with Crippen LogP contribution in [0.15, 0.2) is 45.9 Å². The monoisotopic (exact) mass is 444 g/mol. The van der Waals surface area contributed by atoms with Crippen LogP contribution in [0.4, 0.5) is 0 Å². The van der Waals surface area contributed by atoms with E-state index in [2.05, 4.69) is 0 Å². The molecule has 0 spiro atoms. The van der Waals surface area contributed by atoms with Gasteiger partial charge in [-0.15, -0.1) is 0 Å². The molecule has 0 unspecified atom stereocenters. The van der Waals surface area contributed by atoms with Crippen molar-refractivity contribution in [2.75, 3.05) is 26.2 Å². The molecule has 31 heavy (non-hydrogen) atoms. The number of carbonyl (C=O) groups excluding carboxylic acids is 2. The van der Waals surface area contributed by atoms with Crippen LogP contribution in [0, 0.1) is 13.8 Å². The lowest BCUT2D eigenvalue weighted by Gasteiger charge is -2.39. The third kappa shape index (κ3) is 3.67. The minimum atomic E-state index is -3.85. The van der Waals surface area contributed by atoms with Gasteiger partial charge in [0, 0.05) is 26.2 Å². The Kier molecular flexibility index (Phi) is 5.68. The van der Waals surface area contributed by atoms with Gasteiger partial charge < -0.3 is 14.2 Å². The Morgan fingerprint density at radius 2 is 1.61 bits per heavy atom. The number of nitrogens with zero attached hydrogens (tertiary/aromatic N) is 2. The van der Waals surface area contributed by atoms with Gasteiger partial charge in [0.15, 0.2) is 20.3 Å². The molecule has 2 heterocycles. The van der Waals surface area contributed by atoms with Gasteiger partial charge in [0.1, 0.15) is 0 Å². The van der Waals surface area contributed by atoms with Crippen LogP contribution in [0.25, 0.3) is 0 Å². The molecule has 1 saturated heterocycles. The van der Waals surface area contributed by atoms with Crippen molar-refractivity contribution in [1.29, 1.82) is 0 Å². The average molecular weight is 445 g/mol. The molecule has 2 amide bonds. The van der Waals surface area contributed by atoms with E-state index < -0.39 is 14.6 Å². The van der Waals surface area contributed by atoms with Gasteiger partial charge in [-0.25, -0.2) is 8.42 Å². The van der Waals surface area contributed by atoms with Crippen molar-refractivity contribution < 1.29 is 22.4 Å². The first-order chi connectivity index (χ1) is 14.8. The summed E-state index contributed by atoms with van der Waals surface area (Å²) >= 11 is 0. The van der Waals surface area contributed by atoms with Crippen LogP contribution in [-0.2, 0) is 14.6 Å². The van der Waals surface area contributed by atoms with E-state index >= 15 is 0 Å². The number of benzene rings is 1. The summed E-state index contributed by atoms with van der Waals surface area (Å²) in [7, 11) is -3.85. The lowest BCUT2D eigenvalue weighted by molar-refractivity contribution is -0.135. The molecule has 7 nitrogen and oxygen atoms in total. The molecule has 166 valence electrons. The number of rotatable bonds is 4. The molecule has 4 rings (SSSR count). The van der Waals surface area contributed by atoms with E-state index in [9.17, 15) is 18.0 Å². The second-order valence-corrected chi connectivity index (χ2v) is 10.8. The molecule has 2 fully saturated rings. The summed E-state index contributed by atoms with van der Waals surface area (Å²) in [6.07, 6.45) is 3.56. The van der Waals surface area contributed by atoms with Crippen molar-refractivity contribution in [3.8, 4) is 0 Å². The molecule has 1 aliphatic carbocycles. The number of amides is 2. The Morgan fingerprint density at radius 3 is 2.23 bits per heavy atom. The number of carbonyl (C=O) groups is 2. The van der Waals surface area contributed by atoms with E-state index in [0.29, 0.717) is 57.4 Å². The molecular weight excluding hydrogens is 416 g/mol. The molecule has 8 heteroatoms. The van der Waals surface area contributed by atoms with E-state index in [1.54, 1.807) is 41.0 Å². The van der Waals surface area contributed by atoms with Gasteiger partial charge in [-0.1, -0.05) is 25.0 Å². The fourth-order valence-electron chi connectivity index (χ4n) is 4.71. The summed E-state index contributed by atoms with van der Waals surface area (Å²) < 4.78 is 31.4. The first-order valence-corrected chi connectivity index (χ1v) is 12.2. The second kappa shape index (κ2) is 8.15. The van der Waals surface area contributed by atoms with E-state index in [4.69, 9.17) is 4.42 Å². The number of aryl methyl sites for hydroxylation is 2. The van der Waals surface area contributed by atoms with Crippen molar-refractivity contribution in [1.82, 2.24) is 9.80 Å². The van der Waals surface area contributed by atoms with Crippen molar-refractivity contribution >= 4 is 21.7 Å². The molecule has 2 aromatic rings. The highest BCUT2D eigenvalue weighted by Gasteiger charge is 2.55. The number of hydrogen-bond donors (Lipinski definition) is 0. The van der Waals surface area contributed by atoms with Gasteiger partial charge in [-0.2, -0.15) is 0 Å². The third-order valence-electron chi connectivity index (χ3n) is 6.53. The van der Waals surface area contributed by atoms with Crippen molar-refractivity contribution in [2.45, 2.75) is 49.2 Å². The maximum atomic E-state index is 13.8. The standard InChI is InChI=1S/C23H28N2O5S/c1-17-7-8-18(2)20(16-17)31(28,29)23(9-3-4-10-23)22(27)25-13-11-24(12-14-25)21(26)19-6-5-15-30-19/h5-8,15-16H,3-4,9-14H2,1-2H3. The molecule has 1 aromatic heterocycles. The van der Waals surface area contributed by atoms with E-state index in [0.717, 1.165) is 5.56 Å². The highest BCUT2D eigenvalue weighted by molar-refractivity contribution is 7.93. The first-order valence-electron chi connectivity index (χ1n) is 10.7. The molecule has 0 atom stereocenters. The number of furan rings is 1. The Bertz CT molecular complexity index is 1080. The number of piperazine rings is 1. The summed E-state index contributed by atoms with van der Waals surface area (Å²) in [4.78, 5) is 29.7. The van der Waals surface area contributed by atoms with Crippen molar-refractivity contribution in [3.05, 3.63) is 53.5 Å².